The van der Waals surface area contributed by atoms with E-state index in [9.17, 15) is 9.59 Å². The van der Waals surface area contributed by atoms with Gasteiger partial charge in [0.15, 0.2) is 0 Å². The maximum absolute atomic E-state index is 12.4. The van der Waals surface area contributed by atoms with Gasteiger partial charge in [0.05, 0.1) is 13.1 Å². The fourth-order valence-electron chi connectivity index (χ4n) is 3.12. The van der Waals surface area contributed by atoms with Gasteiger partial charge in [0, 0.05) is 43.2 Å². The molecular weight excluding hydrogens is 300 g/mol. The number of amides is 2. The van der Waals surface area contributed by atoms with Crippen molar-refractivity contribution < 1.29 is 9.59 Å². The van der Waals surface area contributed by atoms with E-state index in [1.807, 2.05) is 12.3 Å². The van der Waals surface area contributed by atoms with Crippen LogP contribution in [-0.2, 0) is 16.1 Å². The van der Waals surface area contributed by atoms with Crippen LogP contribution in [0.4, 0.5) is 0 Å². The highest BCUT2D eigenvalue weighted by molar-refractivity contribution is 7.09. The van der Waals surface area contributed by atoms with Gasteiger partial charge in [-0.3, -0.25) is 9.59 Å². The second-order valence-corrected chi connectivity index (χ2v) is 7.19. The molecule has 2 amide bonds. The number of fused-ring (bicyclic) bond motifs is 2. The Bertz CT molecular complexity index is 574. The fraction of sp³-hybridized carbons (Fsp3) is 0.667. The highest BCUT2D eigenvalue weighted by Gasteiger charge is 2.34. The standard InChI is InChI=1S/C15H22N4O2S/c1-10-9-22-13(16-10)7-18(2)15(21)8-19-6-12-4-3-11(17-12)5-14(19)20/h9,11-12,17H,3-8H2,1-2H3/t11-,12+/m1/s1. The van der Waals surface area contributed by atoms with E-state index in [0.717, 1.165) is 23.5 Å². The number of rotatable bonds is 4. The first-order valence-electron chi connectivity index (χ1n) is 7.70. The summed E-state index contributed by atoms with van der Waals surface area (Å²) >= 11 is 1.56. The summed E-state index contributed by atoms with van der Waals surface area (Å²) < 4.78 is 0. The topological polar surface area (TPSA) is 65.5 Å². The Morgan fingerprint density at radius 1 is 1.50 bits per heavy atom. The largest absolute Gasteiger partial charge is 0.337 e. The highest BCUT2D eigenvalue weighted by Crippen LogP contribution is 2.21. The number of carbonyl (C=O) groups excluding carboxylic acids is 2. The van der Waals surface area contributed by atoms with Crippen molar-refractivity contribution in [3.8, 4) is 0 Å². The summed E-state index contributed by atoms with van der Waals surface area (Å²) in [5, 5.41) is 6.37. The Hall–Kier alpha value is -1.47. The van der Waals surface area contributed by atoms with Crippen LogP contribution in [0.25, 0.3) is 0 Å². The van der Waals surface area contributed by atoms with Gasteiger partial charge in [-0.15, -0.1) is 11.3 Å². The first-order chi connectivity index (χ1) is 10.5. The van der Waals surface area contributed by atoms with Crippen molar-refractivity contribution in [2.24, 2.45) is 0 Å². The van der Waals surface area contributed by atoms with Crippen LogP contribution >= 0.6 is 11.3 Å². The van der Waals surface area contributed by atoms with Gasteiger partial charge in [-0.1, -0.05) is 0 Å². The minimum atomic E-state index is -0.0287. The molecule has 6 nitrogen and oxygen atoms in total. The van der Waals surface area contributed by atoms with Gasteiger partial charge in [0.1, 0.15) is 5.01 Å². The molecule has 0 aromatic carbocycles. The van der Waals surface area contributed by atoms with Gasteiger partial charge in [0.2, 0.25) is 11.8 Å². The number of thiazole rings is 1. The SMILES string of the molecule is Cc1csc(CN(C)C(=O)CN2C[C@@H]3CC[C@H](CC2=O)N3)n1. The van der Waals surface area contributed by atoms with Crippen molar-refractivity contribution in [2.45, 2.75) is 44.8 Å². The summed E-state index contributed by atoms with van der Waals surface area (Å²) in [6.45, 7) is 3.26. The average molecular weight is 322 g/mol. The third kappa shape index (κ3) is 3.47. The Kier molecular flexibility index (Phi) is 4.44. The van der Waals surface area contributed by atoms with Gasteiger partial charge >= 0.3 is 0 Å². The summed E-state index contributed by atoms with van der Waals surface area (Å²) in [7, 11) is 1.77. The predicted octanol–water partition coefficient (Wildman–Crippen LogP) is 0.763. The maximum Gasteiger partial charge on any atom is 0.242 e. The first-order valence-corrected chi connectivity index (χ1v) is 8.58. The molecule has 22 heavy (non-hydrogen) atoms. The van der Waals surface area contributed by atoms with Crippen LogP contribution in [0.15, 0.2) is 5.38 Å². The molecule has 120 valence electrons. The Morgan fingerprint density at radius 3 is 3.00 bits per heavy atom. The number of aromatic nitrogens is 1. The molecule has 7 heteroatoms. The molecule has 1 aromatic heterocycles. The lowest BCUT2D eigenvalue weighted by molar-refractivity contribution is -0.140. The molecule has 2 saturated heterocycles. The molecular formula is C15H22N4O2S. The molecule has 2 fully saturated rings. The van der Waals surface area contributed by atoms with E-state index in [1.54, 1.807) is 28.2 Å². The van der Waals surface area contributed by atoms with Crippen molar-refractivity contribution in [3.63, 3.8) is 0 Å². The summed E-state index contributed by atoms with van der Waals surface area (Å²) in [6.07, 6.45) is 2.68. The van der Waals surface area contributed by atoms with E-state index in [1.165, 1.54) is 0 Å². The molecule has 2 aliphatic rings. The van der Waals surface area contributed by atoms with Gasteiger partial charge in [-0.2, -0.15) is 0 Å². The molecule has 0 aliphatic carbocycles. The third-order valence-electron chi connectivity index (χ3n) is 4.34. The van der Waals surface area contributed by atoms with Crippen LogP contribution in [0.2, 0.25) is 0 Å². The van der Waals surface area contributed by atoms with Crippen LogP contribution in [-0.4, -0.2) is 58.8 Å². The predicted molar refractivity (Wildman–Crippen MR) is 84.5 cm³/mol. The average Bonchev–Trinajstić information content (AvgIpc) is 3.03. The molecule has 3 rings (SSSR count). The van der Waals surface area contributed by atoms with Crippen LogP contribution in [0.1, 0.15) is 30.0 Å². The number of hydrogen-bond donors (Lipinski definition) is 1. The van der Waals surface area contributed by atoms with Crippen molar-refractivity contribution in [1.29, 1.82) is 0 Å². The zero-order valence-corrected chi connectivity index (χ0v) is 13.9. The second kappa shape index (κ2) is 6.34. The molecule has 2 aliphatic heterocycles. The molecule has 1 aromatic rings. The minimum Gasteiger partial charge on any atom is -0.337 e. The van der Waals surface area contributed by atoms with E-state index in [2.05, 4.69) is 10.3 Å². The van der Waals surface area contributed by atoms with Crippen molar-refractivity contribution >= 4 is 23.2 Å². The van der Waals surface area contributed by atoms with Gasteiger partial charge in [-0.05, 0) is 19.8 Å². The monoisotopic (exact) mass is 322 g/mol. The first kappa shape index (κ1) is 15.4. The zero-order chi connectivity index (χ0) is 15.7. The number of aryl methyl sites for hydroxylation is 1. The van der Waals surface area contributed by atoms with Crippen molar-refractivity contribution in [3.05, 3.63) is 16.1 Å². The Balaban J connectivity index is 1.57. The molecule has 2 bridgehead atoms. The number of likely N-dealkylation sites (tertiary alicyclic amines) is 1. The normalized spacial score (nSPS) is 24.5. The highest BCUT2D eigenvalue weighted by atomic mass is 32.1. The molecule has 0 unspecified atom stereocenters. The smallest absolute Gasteiger partial charge is 0.242 e. The molecule has 0 spiro atoms. The van der Waals surface area contributed by atoms with Crippen LogP contribution in [0, 0.1) is 6.92 Å². The van der Waals surface area contributed by atoms with E-state index < -0.39 is 0 Å². The lowest BCUT2D eigenvalue weighted by atomic mass is 10.1. The van der Waals surface area contributed by atoms with E-state index in [0.29, 0.717) is 31.6 Å². The molecule has 1 N–H and O–H groups in total. The quantitative estimate of drug-likeness (QED) is 0.889. The second-order valence-electron chi connectivity index (χ2n) is 6.25. The molecule has 0 saturated carbocycles. The maximum atomic E-state index is 12.4. The van der Waals surface area contributed by atoms with Crippen molar-refractivity contribution in [2.75, 3.05) is 20.1 Å². The number of hydrogen-bond acceptors (Lipinski definition) is 5. The van der Waals surface area contributed by atoms with E-state index >= 15 is 0 Å². The fourth-order valence-corrected chi connectivity index (χ4v) is 3.94. The van der Waals surface area contributed by atoms with Crippen LogP contribution in [0.5, 0.6) is 0 Å². The molecule has 3 heterocycles. The van der Waals surface area contributed by atoms with Crippen LogP contribution < -0.4 is 5.32 Å². The Labute approximate surface area is 134 Å². The lowest BCUT2D eigenvalue weighted by Crippen LogP contribution is -2.44. The van der Waals surface area contributed by atoms with Gasteiger partial charge < -0.3 is 15.1 Å². The zero-order valence-electron chi connectivity index (χ0n) is 13.0. The van der Waals surface area contributed by atoms with E-state index in [-0.39, 0.29) is 18.4 Å². The van der Waals surface area contributed by atoms with Crippen LogP contribution in [0.3, 0.4) is 0 Å². The van der Waals surface area contributed by atoms with Gasteiger partial charge in [0.25, 0.3) is 0 Å². The lowest BCUT2D eigenvalue weighted by Gasteiger charge is -2.26. The minimum absolute atomic E-state index is 0.0287. The number of carbonyl (C=O) groups is 2. The van der Waals surface area contributed by atoms with E-state index in [4.69, 9.17) is 0 Å². The van der Waals surface area contributed by atoms with Crippen molar-refractivity contribution in [1.82, 2.24) is 20.1 Å². The number of likely N-dealkylation sites (N-methyl/N-ethyl adjacent to an activating group) is 1. The molecule has 2 atom stereocenters. The summed E-state index contributed by atoms with van der Waals surface area (Å²) in [6, 6.07) is 0.643. The number of nitrogens with one attached hydrogen (secondary N) is 1. The van der Waals surface area contributed by atoms with Gasteiger partial charge in [-0.25, -0.2) is 4.98 Å². The molecule has 0 radical (unpaired) electrons. The summed E-state index contributed by atoms with van der Waals surface area (Å²) in [5.74, 6) is 0.0607. The number of nitrogens with zero attached hydrogens (tertiary/aromatic N) is 3. The third-order valence-corrected chi connectivity index (χ3v) is 5.29. The summed E-state index contributed by atoms with van der Waals surface area (Å²) in [5.41, 5.74) is 0.977. The Morgan fingerprint density at radius 2 is 2.27 bits per heavy atom. The summed E-state index contributed by atoms with van der Waals surface area (Å²) in [4.78, 5) is 32.3.